The molecule has 2 N–H and O–H groups in total. The molecule has 23 heavy (non-hydrogen) atoms. The molecular formula is C16H21N3O3S. The Bertz CT molecular complexity index is 670. The minimum atomic E-state index is -0.109. The third-order valence-electron chi connectivity index (χ3n) is 3.10. The molecule has 124 valence electrons. The summed E-state index contributed by atoms with van der Waals surface area (Å²) in [6, 6.07) is 7.26. The summed E-state index contributed by atoms with van der Waals surface area (Å²) in [5, 5.41) is 10.4. The number of hydrogen-bond acceptors (Lipinski definition) is 5. The van der Waals surface area contributed by atoms with Gasteiger partial charge in [-0.05, 0) is 12.2 Å². The standard InChI is InChI=1S/C16H21N3O3S/c1-16(2,3)13-9-14(19-22-13)18-15(23)17-10-6-11(20-4)8-12(7-10)21-5/h6-9H,1-5H3,(H2,17,18,19,23). The van der Waals surface area contributed by atoms with Crippen molar-refractivity contribution in [3.05, 3.63) is 30.0 Å². The Labute approximate surface area is 141 Å². The summed E-state index contributed by atoms with van der Waals surface area (Å²) < 4.78 is 15.8. The highest BCUT2D eigenvalue weighted by Crippen LogP contribution is 2.27. The molecule has 2 rings (SSSR count). The number of nitrogens with one attached hydrogen (secondary N) is 2. The molecule has 0 saturated heterocycles. The second-order valence-electron chi connectivity index (χ2n) is 6.01. The minimum Gasteiger partial charge on any atom is -0.497 e. The number of thiocarbonyl (C=S) groups is 1. The summed E-state index contributed by atoms with van der Waals surface area (Å²) in [6.07, 6.45) is 0. The maximum absolute atomic E-state index is 5.31. The van der Waals surface area contributed by atoms with E-state index >= 15 is 0 Å². The highest BCUT2D eigenvalue weighted by atomic mass is 32.1. The molecule has 0 radical (unpaired) electrons. The van der Waals surface area contributed by atoms with Crippen molar-refractivity contribution in [2.75, 3.05) is 24.9 Å². The highest BCUT2D eigenvalue weighted by molar-refractivity contribution is 7.80. The van der Waals surface area contributed by atoms with Gasteiger partial charge in [0, 0.05) is 35.4 Å². The molecule has 0 bridgehead atoms. The van der Waals surface area contributed by atoms with Crippen LogP contribution in [-0.2, 0) is 5.41 Å². The van der Waals surface area contributed by atoms with Crippen LogP contribution in [0.3, 0.4) is 0 Å². The fourth-order valence-corrected chi connectivity index (χ4v) is 2.07. The van der Waals surface area contributed by atoms with E-state index < -0.39 is 0 Å². The zero-order valence-corrected chi connectivity index (χ0v) is 14.7. The van der Waals surface area contributed by atoms with Gasteiger partial charge in [-0.25, -0.2) is 0 Å². The van der Waals surface area contributed by atoms with Crippen molar-refractivity contribution in [1.82, 2.24) is 5.16 Å². The molecule has 0 aliphatic heterocycles. The average Bonchev–Trinajstić information content (AvgIpc) is 2.95. The summed E-state index contributed by atoms with van der Waals surface area (Å²) in [5.74, 6) is 2.69. The van der Waals surface area contributed by atoms with Gasteiger partial charge in [0.2, 0.25) is 0 Å². The lowest BCUT2D eigenvalue weighted by atomic mass is 9.93. The van der Waals surface area contributed by atoms with Gasteiger partial charge in [-0.15, -0.1) is 0 Å². The molecule has 0 aliphatic carbocycles. The topological polar surface area (TPSA) is 68.5 Å². The lowest BCUT2D eigenvalue weighted by molar-refractivity contribution is 0.331. The second-order valence-corrected chi connectivity index (χ2v) is 6.42. The average molecular weight is 335 g/mol. The zero-order chi connectivity index (χ0) is 17.0. The van der Waals surface area contributed by atoms with Crippen molar-refractivity contribution in [3.63, 3.8) is 0 Å². The summed E-state index contributed by atoms with van der Waals surface area (Å²) in [6.45, 7) is 6.16. The number of nitrogens with zero attached hydrogens (tertiary/aromatic N) is 1. The molecule has 1 aromatic carbocycles. The van der Waals surface area contributed by atoms with Crippen molar-refractivity contribution < 1.29 is 14.0 Å². The first-order valence-electron chi connectivity index (χ1n) is 7.10. The molecule has 0 fully saturated rings. The smallest absolute Gasteiger partial charge is 0.176 e. The normalized spacial score (nSPS) is 11.0. The Kier molecular flexibility index (Phi) is 5.10. The van der Waals surface area contributed by atoms with E-state index in [0.29, 0.717) is 22.4 Å². The summed E-state index contributed by atoms with van der Waals surface area (Å²) in [5.41, 5.74) is 0.639. The molecule has 2 aromatic rings. The largest absolute Gasteiger partial charge is 0.497 e. The first-order valence-corrected chi connectivity index (χ1v) is 7.51. The predicted molar refractivity (Wildman–Crippen MR) is 94.6 cm³/mol. The molecule has 0 spiro atoms. The van der Waals surface area contributed by atoms with Gasteiger partial charge in [0.15, 0.2) is 10.9 Å². The monoisotopic (exact) mass is 335 g/mol. The quantitative estimate of drug-likeness (QED) is 0.824. The van der Waals surface area contributed by atoms with Gasteiger partial charge in [-0.2, -0.15) is 0 Å². The summed E-state index contributed by atoms with van der Waals surface area (Å²) >= 11 is 5.29. The third-order valence-corrected chi connectivity index (χ3v) is 3.30. The van der Waals surface area contributed by atoms with Crippen LogP contribution in [0.5, 0.6) is 11.5 Å². The Balaban J connectivity index is 2.06. The Morgan fingerprint density at radius 3 is 2.13 bits per heavy atom. The van der Waals surface area contributed by atoms with Crippen LogP contribution in [-0.4, -0.2) is 24.5 Å². The van der Waals surface area contributed by atoms with Crippen molar-refractivity contribution in [1.29, 1.82) is 0 Å². The van der Waals surface area contributed by atoms with E-state index in [9.17, 15) is 0 Å². The van der Waals surface area contributed by atoms with Gasteiger partial charge in [-0.1, -0.05) is 25.9 Å². The molecule has 0 saturated carbocycles. The van der Waals surface area contributed by atoms with E-state index in [4.69, 9.17) is 26.2 Å². The third kappa shape index (κ3) is 4.59. The van der Waals surface area contributed by atoms with E-state index in [1.807, 2.05) is 18.2 Å². The van der Waals surface area contributed by atoms with E-state index in [1.54, 1.807) is 20.3 Å². The first-order chi connectivity index (χ1) is 10.8. The maximum Gasteiger partial charge on any atom is 0.176 e. The van der Waals surface area contributed by atoms with Crippen LogP contribution in [0.2, 0.25) is 0 Å². The second kappa shape index (κ2) is 6.87. The molecule has 0 aliphatic rings. The van der Waals surface area contributed by atoms with Gasteiger partial charge in [-0.3, -0.25) is 0 Å². The van der Waals surface area contributed by atoms with Crippen LogP contribution in [0.15, 0.2) is 28.8 Å². The van der Waals surface area contributed by atoms with Crippen molar-refractivity contribution in [3.8, 4) is 11.5 Å². The van der Waals surface area contributed by atoms with Crippen LogP contribution in [0.1, 0.15) is 26.5 Å². The number of anilines is 2. The lowest BCUT2D eigenvalue weighted by Crippen LogP contribution is -2.19. The van der Waals surface area contributed by atoms with Gasteiger partial charge < -0.3 is 24.6 Å². The Hall–Kier alpha value is -2.28. The summed E-state index contributed by atoms with van der Waals surface area (Å²) in [4.78, 5) is 0. The summed E-state index contributed by atoms with van der Waals surface area (Å²) in [7, 11) is 3.19. The number of aromatic nitrogens is 1. The molecule has 0 unspecified atom stereocenters. The molecular weight excluding hydrogens is 314 g/mol. The molecule has 1 heterocycles. The molecule has 7 heteroatoms. The van der Waals surface area contributed by atoms with Gasteiger partial charge >= 0.3 is 0 Å². The van der Waals surface area contributed by atoms with Crippen molar-refractivity contribution >= 4 is 28.8 Å². The van der Waals surface area contributed by atoms with E-state index in [-0.39, 0.29) is 5.41 Å². The fourth-order valence-electron chi connectivity index (χ4n) is 1.85. The van der Waals surface area contributed by atoms with Gasteiger partial charge in [0.05, 0.1) is 14.2 Å². The number of methoxy groups -OCH3 is 2. The van der Waals surface area contributed by atoms with E-state index in [2.05, 4.69) is 36.6 Å². The van der Waals surface area contributed by atoms with E-state index in [1.165, 1.54) is 0 Å². The Morgan fingerprint density at radius 1 is 1.04 bits per heavy atom. The number of hydrogen-bond donors (Lipinski definition) is 2. The molecule has 6 nitrogen and oxygen atoms in total. The lowest BCUT2D eigenvalue weighted by Gasteiger charge is -2.12. The minimum absolute atomic E-state index is 0.109. The van der Waals surface area contributed by atoms with Crippen LogP contribution in [0.25, 0.3) is 0 Å². The highest BCUT2D eigenvalue weighted by Gasteiger charge is 2.20. The van der Waals surface area contributed by atoms with Crippen LogP contribution < -0.4 is 20.1 Å². The van der Waals surface area contributed by atoms with Crippen LogP contribution >= 0.6 is 12.2 Å². The fraction of sp³-hybridized carbons (Fsp3) is 0.375. The Morgan fingerprint density at radius 2 is 1.65 bits per heavy atom. The number of ether oxygens (including phenoxy) is 2. The van der Waals surface area contributed by atoms with E-state index in [0.717, 1.165) is 11.4 Å². The molecule has 0 amide bonds. The predicted octanol–water partition coefficient (Wildman–Crippen LogP) is 3.80. The maximum atomic E-state index is 5.31. The zero-order valence-electron chi connectivity index (χ0n) is 13.9. The van der Waals surface area contributed by atoms with Gasteiger partial charge in [0.25, 0.3) is 0 Å². The van der Waals surface area contributed by atoms with Crippen molar-refractivity contribution in [2.24, 2.45) is 0 Å². The molecule has 1 aromatic heterocycles. The molecule has 0 atom stereocenters. The first kappa shape index (κ1) is 17.1. The SMILES string of the molecule is COc1cc(NC(=S)Nc2cc(C(C)(C)C)on2)cc(OC)c1. The van der Waals surface area contributed by atoms with Gasteiger partial charge in [0.1, 0.15) is 17.3 Å². The van der Waals surface area contributed by atoms with Crippen molar-refractivity contribution in [2.45, 2.75) is 26.2 Å². The van der Waals surface area contributed by atoms with Crippen LogP contribution in [0, 0.1) is 0 Å². The number of benzene rings is 1. The van der Waals surface area contributed by atoms with Crippen LogP contribution in [0.4, 0.5) is 11.5 Å². The number of rotatable bonds is 4.